The first-order valence-electron chi connectivity index (χ1n) is 3.14. The average molecular weight is 168 g/mol. The van der Waals surface area contributed by atoms with E-state index in [-0.39, 0.29) is 5.82 Å². The second kappa shape index (κ2) is 2.23. The van der Waals surface area contributed by atoms with E-state index in [0.29, 0.717) is 11.2 Å². The molecular weight excluding hydrogens is 163 g/mol. The van der Waals surface area contributed by atoms with Gasteiger partial charge in [0.15, 0.2) is 0 Å². The fourth-order valence-electron chi connectivity index (χ4n) is 0.861. The Morgan fingerprint density at radius 2 is 2.36 bits per heavy atom. The standard InChI is InChI=1S/C7H5FN2S/c1-4-5(8)2-6-7(10-4)11-3-9-6/h2-3H,1H3. The minimum atomic E-state index is -0.289. The third kappa shape index (κ3) is 0.991. The van der Waals surface area contributed by atoms with Crippen molar-refractivity contribution in [1.82, 2.24) is 9.97 Å². The van der Waals surface area contributed by atoms with Gasteiger partial charge in [0.1, 0.15) is 16.2 Å². The van der Waals surface area contributed by atoms with E-state index in [1.165, 1.54) is 17.4 Å². The fraction of sp³-hybridized carbons (Fsp3) is 0.143. The molecule has 0 spiro atoms. The molecule has 0 unspecified atom stereocenters. The van der Waals surface area contributed by atoms with Crippen LogP contribution in [0.15, 0.2) is 11.6 Å². The normalized spacial score (nSPS) is 10.7. The smallest absolute Gasteiger partial charge is 0.146 e. The first-order chi connectivity index (χ1) is 5.27. The number of nitrogens with zero attached hydrogens (tertiary/aromatic N) is 2. The van der Waals surface area contributed by atoms with E-state index >= 15 is 0 Å². The minimum absolute atomic E-state index is 0.289. The second-order valence-corrected chi connectivity index (χ2v) is 3.07. The molecule has 0 saturated carbocycles. The Labute approximate surface area is 66.7 Å². The van der Waals surface area contributed by atoms with Crippen molar-refractivity contribution >= 4 is 21.7 Å². The number of hydrogen-bond donors (Lipinski definition) is 0. The summed E-state index contributed by atoms with van der Waals surface area (Å²) in [7, 11) is 0. The first kappa shape index (κ1) is 6.67. The van der Waals surface area contributed by atoms with Gasteiger partial charge in [-0.25, -0.2) is 14.4 Å². The van der Waals surface area contributed by atoms with Crippen LogP contribution in [0.3, 0.4) is 0 Å². The van der Waals surface area contributed by atoms with Gasteiger partial charge in [-0.05, 0) is 6.92 Å². The fourth-order valence-corrected chi connectivity index (χ4v) is 1.55. The van der Waals surface area contributed by atoms with E-state index in [2.05, 4.69) is 9.97 Å². The monoisotopic (exact) mass is 168 g/mol. The molecule has 0 aromatic carbocycles. The number of pyridine rings is 1. The highest BCUT2D eigenvalue weighted by molar-refractivity contribution is 7.16. The number of hydrogen-bond acceptors (Lipinski definition) is 3. The van der Waals surface area contributed by atoms with E-state index in [1.54, 1.807) is 12.4 Å². The van der Waals surface area contributed by atoms with Crippen LogP contribution in [0, 0.1) is 12.7 Å². The molecule has 2 aromatic rings. The molecule has 0 amide bonds. The summed E-state index contributed by atoms with van der Waals surface area (Å²) < 4.78 is 12.8. The molecule has 0 radical (unpaired) electrons. The van der Waals surface area contributed by atoms with Crippen molar-refractivity contribution in [3.8, 4) is 0 Å². The highest BCUT2D eigenvalue weighted by Crippen LogP contribution is 2.17. The van der Waals surface area contributed by atoms with Gasteiger partial charge in [0.2, 0.25) is 0 Å². The van der Waals surface area contributed by atoms with Crippen molar-refractivity contribution in [1.29, 1.82) is 0 Å². The van der Waals surface area contributed by atoms with Crippen LogP contribution in [0.4, 0.5) is 4.39 Å². The Balaban J connectivity index is 2.86. The van der Waals surface area contributed by atoms with Gasteiger partial charge in [-0.15, -0.1) is 11.3 Å². The highest BCUT2D eigenvalue weighted by atomic mass is 32.1. The van der Waals surface area contributed by atoms with E-state index in [9.17, 15) is 4.39 Å². The van der Waals surface area contributed by atoms with Crippen LogP contribution in [0.2, 0.25) is 0 Å². The maximum atomic E-state index is 12.8. The summed E-state index contributed by atoms with van der Waals surface area (Å²) in [5, 5.41) is 0. The third-order valence-electron chi connectivity index (χ3n) is 1.45. The molecule has 4 heteroatoms. The van der Waals surface area contributed by atoms with Crippen molar-refractivity contribution in [2.75, 3.05) is 0 Å². The summed E-state index contributed by atoms with van der Waals surface area (Å²) in [5.41, 5.74) is 2.73. The molecule has 2 heterocycles. The molecule has 0 fully saturated rings. The molecule has 2 rings (SSSR count). The predicted octanol–water partition coefficient (Wildman–Crippen LogP) is 2.14. The number of aromatic nitrogens is 2. The molecule has 0 aliphatic rings. The van der Waals surface area contributed by atoms with Gasteiger partial charge < -0.3 is 0 Å². The zero-order chi connectivity index (χ0) is 7.84. The van der Waals surface area contributed by atoms with Crippen LogP contribution in [-0.2, 0) is 0 Å². The quantitative estimate of drug-likeness (QED) is 0.602. The van der Waals surface area contributed by atoms with Crippen LogP contribution in [-0.4, -0.2) is 9.97 Å². The van der Waals surface area contributed by atoms with Gasteiger partial charge in [0, 0.05) is 6.07 Å². The highest BCUT2D eigenvalue weighted by Gasteiger charge is 2.02. The molecular formula is C7H5FN2S. The Hall–Kier alpha value is -1.03. The molecule has 11 heavy (non-hydrogen) atoms. The van der Waals surface area contributed by atoms with Gasteiger partial charge in [0.25, 0.3) is 0 Å². The topological polar surface area (TPSA) is 25.8 Å². The van der Waals surface area contributed by atoms with Crippen LogP contribution < -0.4 is 0 Å². The summed E-state index contributed by atoms with van der Waals surface area (Å²) in [6.45, 7) is 1.65. The second-order valence-electron chi connectivity index (χ2n) is 2.23. The molecule has 56 valence electrons. The van der Waals surface area contributed by atoms with Crippen LogP contribution in [0.5, 0.6) is 0 Å². The summed E-state index contributed by atoms with van der Waals surface area (Å²) >= 11 is 1.42. The van der Waals surface area contributed by atoms with Gasteiger partial charge >= 0.3 is 0 Å². The molecule has 0 aliphatic carbocycles. The van der Waals surface area contributed by atoms with Crippen molar-refractivity contribution in [3.05, 3.63) is 23.1 Å². The first-order valence-corrected chi connectivity index (χ1v) is 4.01. The number of thiazole rings is 1. The molecule has 0 bridgehead atoms. The van der Waals surface area contributed by atoms with E-state index < -0.39 is 0 Å². The van der Waals surface area contributed by atoms with E-state index in [0.717, 1.165) is 4.83 Å². The molecule has 0 aliphatic heterocycles. The number of fused-ring (bicyclic) bond motifs is 1. The molecule has 0 N–H and O–H groups in total. The van der Waals surface area contributed by atoms with Crippen molar-refractivity contribution in [2.45, 2.75) is 6.92 Å². The lowest BCUT2D eigenvalue weighted by Gasteiger charge is -1.92. The van der Waals surface area contributed by atoms with Crippen LogP contribution in [0.25, 0.3) is 10.3 Å². The minimum Gasteiger partial charge on any atom is -0.243 e. The lowest BCUT2D eigenvalue weighted by molar-refractivity contribution is 0.613. The van der Waals surface area contributed by atoms with Gasteiger partial charge in [-0.1, -0.05) is 0 Å². The maximum Gasteiger partial charge on any atom is 0.146 e. The van der Waals surface area contributed by atoms with Gasteiger partial charge in [-0.3, -0.25) is 0 Å². The van der Waals surface area contributed by atoms with Gasteiger partial charge in [-0.2, -0.15) is 0 Å². The summed E-state index contributed by atoms with van der Waals surface area (Å²) in [4.78, 5) is 8.75. The van der Waals surface area contributed by atoms with Crippen molar-refractivity contribution < 1.29 is 4.39 Å². The number of rotatable bonds is 0. The van der Waals surface area contributed by atoms with E-state index in [1.807, 2.05) is 0 Å². The third-order valence-corrected chi connectivity index (χ3v) is 2.19. The molecule has 2 nitrogen and oxygen atoms in total. The molecule has 0 atom stereocenters. The summed E-state index contributed by atoms with van der Waals surface area (Å²) in [6.07, 6.45) is 0. The molecule has 0 saturated heterocycles. The SMILES string of the molecule is Cc1nc2scnc2cc1F. The van der Waals surface area contributed by atoms with Crippen LogP contribution >= 0.6 is 11.3 Å². The zero-order valence-corrected chi connectivity index (χ0v) is 6.65. The van der Waals surface area contributed by atoms with Crippen molar-refractivity contribution in [3.63, 3.8) is 0 Å². The largest absolute Gasteiger partial charge is 0.243 e. The van der Waals surface area contributed by atoms with Crippen molar-refractivity contribution in [2.24, 2.45) is 0 Å². The lowest BCUT2D eigenvalue weighted by Crippen LogP contribution is -1.86. The maximum absolute atomic E-state index is 12.8. The Morgan fingerprint density at radius 1 is 1.55 bits per heavy atom. The Morgan fingerprint density at radius 3 is 3.18 bits per heavy atom. The summed E-state index contributed by atoms with van der Waals surface area (Å²) in [6, 6.07) is 1.41. The zero-order valence-electron chi connectivity index (χ0n) is 5.84. The lowest BCUT2D eigenvalue weighted by atomic mass is 10.3. The Bertz CT molecular complexity index is 360. The van der Waals surface area contributed by atoms with E-state index in [4.69, 9.17) is 0 Å². The molecule has 2 aromatic heterocycles. The Kier molecular flexibility index (Phi) is 1.35. The predicted molar refractivity (Wildman–Crippen MR) is 42.1 cm³/mol. The average Bonchev–Trinajstić information content (AvgIpc) is 2.36. The summed E-state index contributed by atoms with van der Waals surface area (Å²) in [5.74, 6) is -0.289. The van der Waals surface area contributed by atoms with Gasteiger partial charge in [0.05, 0.1) is 11.2 Å². The number of halogens is 1. The van der Waals surface area contributed by atoms with Crippen LogP contribution in [0.1, 0.15) is 5.69 Å². The number of aryl methyl sites for hydroxylation is 1.